The number of esters is 1. The number of ether oxygens (including phenoxy) is 1. The smallest absolute Gasteiger partial charge is 0.339 e. The first-order valence-electron chi connectivity index (χ1n) is 7.10. The van der Waals surface area contributed by atoms with Crippen LogP contribution in [0.4, 0.5) is 0 Å². The molecule has 1 heterocycles. The summed E-state index contributed by atoms with van der Waals surface area (Å²) in [6.45, 7) is -0.394. The third-order valence-electron chi connectivity index (χ3n) is 3.80. The Labute approximate surface area is 140 Å². The lowest BCUT2D eigenvalue weighted by Gasteiger charge is -2.23. The molecule has 1 saturated heterocycles. The van der Waals surface area contributed by atoms with Gasteiger partial charge in [0.1, 0.15) is 0 Å². The van der Waals surface area contributed by atoms with Crippen LogP contribution in [0.2, 0.25) is 0 Å². The molecular weight excluding hydrogens is 338 g/mol. The summed E-state index contributed by atoms with van der Waals surface area (Å²) in [5.41, 5.74) is 0.416. The number of hydrogen-bond acceptors (Lipinski definition) is 6. The van der Waals surface area contributed by atoms with Gasteiger partial charge in [0, 0.05) is 18.0 Å². The molecule has 1 fully saturated rings. The summed E-state index contributed by atoms with van der Waals surface area (Å²) in [5.74, 6) is -0.896. The highest BCUT2D eigenvalue weighted by Crippen LogP contribution is 2.21. The number of thioether (sulfide) groups is 1. The number of sulfone groups is 1. The van der Waals surface area contributed by atoms with Gasteiger partial charge in [-0.3, -0.25) is 4.79 Å². The minimum atomic E-state index is -3.06. The molecule has 1 aromatic rings. The Kier molecular flexibility index (Phi) is 5.69. The Bertz CT molecular complexity index is 702. The van der Waals surface area contributed by atoms with Crippen LogP contribution in [0.15, 0.2) is 29.2 Å². The molecule has 2 rings (SSSR count). The highest BCUT2D eigenvalue weighted by molar-refractivity contribution is 7.98. The van der Waals surface area contributed by atoms with E-state index in [-0.39, 0.29) is 17.5 Å². The van der Waals surface area contributed by atoms with Crippen molar-refractivity contribution in [2.24, 2.45) is 0 Å². The second kappa shape index (κ2) is 7.35. The van der Waals surface area contributed by atoms with Crippen molar-refractivity contribution in [1.82, 2.24) is 4.90 Å². The molecule has 0 spiro atoms. The van der Waals surface area contributed by atoms with Crippen LogP contribution in [0, 0.1) is 0 Å². The predicted octanol–water partition coefficient (Wildman–Crippen LogP) is 1.21. The molecule has 8 heteroatoms. The van der Waals surface area contributed by atoms with Crippen LogP contribution in [-0.2, 0) is 19.4 Å². The van der Waals surface area contributed by atoms with Crippen molar-refractivity contribution in [2.75, 3.05) is 31.4 Å². The molecule has 0 N–H and O–H groups in total. The fourth-order valence-corrected chi connectivity index (χ4v) is 4.76. The molecule has 0 saturated carbocycles. The van der Waals surface area contributed by atoms with Gasteiger partial charge in [-0.05, 0) is 24.8 Å². The molecular formula is C15H19NO5S2. The lowest BCUT2D eigenvalue weighted by atomic mass is 10.2. The molecule has 126 valence electrons. The monoisotopic (exact) mass is 357 g/mol. The summed E-state index contributed by atoms with van der Waals surface area (Å²) >= 11 is 1.42. The van der Waals surface area contributed by atoms with E-state index in [1.54, 1.807) is 18.2 Å². The molecule has 0 bridgehead atoms. The summed E-state index contributed by atoms with van der Waals surface area (Å²) in [5, 5.41) is 0. The number of benzene rings is 1. The van der Waals surface area contributed by atoms with E-state index in [1.807, 2.05) is 12.3 Å². The number of likely N-dealkylation sites (N-methyl/N-ethyl adjacent to an activating group) is 1. The molecule has 0 radical (unpaired) electrons. The number of carbonyl (C=O) groups excluding carboxylic acids is 2. The van der Waals surface area contributed by atoms with Gasteiger partial charge in [0.05, 0.1) is 17.1 Å². The molecule has 1 atom stereocenters. The Morgan fingerprint density at radius 1 is 1.35 bits per heavy atom. The zero-order valence-electron chi connectivity index (χ0n) is 13.0. The summed E-state index contributed by atoms with van der Waals surface area (Å²) in [4.78, 5) is 26.3. The van der Waals surface area contributed by atoms with Crippen LogP contribution in [0.1, 0.15) is 16.8 Å². The molecule has 6 nitrogen and oxygen atoms in total. The standard InChI is InChI=1S/C15H19NO5S2/c1-16(11-7-8-23(19,20)10-11)14(17)9-21-15(18)12-5-3-4-6-13(12)22-2/h3-6,11H,7-10H2,1-2H3/t11-/m0/s1. The van der Waals surface area contributed by atoms with Crippen LogP contribution < -0.4 is 0 Å². The molecule has 23 heavy (non-hydrogen) atoms. The Morgan fingerprint density at radius 3 is 2.65 bits per heavy atom. The summed E-state index contributed by atoms with van der Waals surface area (Å²) in [7, 11) is -1.52. The second-order valence-electron chi connectivity index (χ2n) is 5.34. The quantitative estimate of drug-likeness (QED) is 0.582. The van der Waals surface area contributed by atoms with Crippen molar-refractivity contribution >= 4 is 33.5 Å². The molecule has 1 amide bonds. The van der Waals surface area contributed by atoms with E-state index >= 15 is 0 Å². The number of hydrogen-bond donors (Lipinski definition) is 0. The van der Waals surface area contributed by atoms with Crippen molar-refractivity contribution in [3.8, 4) is 0 Å². The highest BCUT2D eigenvalue weighted by Gasteiger charge is 2.33. The first kappa shape index (κ1) is 17.8. The lowest BCUT2D eigenvalue weighted by molar-refractivity contribution is -0.134. The molecule has 0 aromatic heterocycles. The normalized spacial score (nSPS) is 19.3. The van der Waals surface area contributed by atoms with E-state index in [0.717, 1.165) is 4.90 Å². The lowest BCUT2D eigenvalue weighted by Crippen LogP contribution is -2.40. The Balaban J connectivity index is 1.92. The van der Waals surface area contributed by atoms with Gasteiger partial charge in [0.25, 0.3) is 5.91 Å². The Hall–Kier alpha value is -1.54. The van der Waals surface area contributed by atoms with Crippen molar-refractivity contribution in [3.05, 3.63) is 29.8 Å². The summed E-state index contributed by atoms with van der Waals surface area (Å²) in [6, 6.07) is 6.66. The maximum Gasteiger partial charge on any atom is 0.339 e. The maximum atomic E-state index is 12.1. The predicted molar refractivity (Wildman–Crippen MR) is 88.3 cm³/mol. The van der Waals surface area contributed by atoms with Gasteiger partial charge in [-0.1, -0.05) is 12.1 Å². The van der Waals surface area contributed by atoms with Gasteiger partial charge >= 0.3 is 5.97 Å². The largest absolute Gasteiger partial charge is 0.452 e. The van der Waals surface area contributed by atoms with Crippen molar-refractivity contribution in [2.45, 2.75) is 17.4 Å². The van der Waals surface area contributed by atoms with E-state index in [2.05, 4.69) is 0 Å². The number of carbonyl (C=O) groups is 2. The minimum Gasteiger partial charge on any atom is -0.452 e. The van der Waals surface area contributed by atoms with E-state index < -0.39 is 28.3 Å². The molecule has 1 aromatic carbocycles. The van der Waals surface area contributed by atoms with Gasteiger partial charge in [-0.15, -0.1) is 11.8 Å². The van der Waals surface area contributed by atoms with Crippen molar-refractivity contribution in [3.63, 3.8) is 0 Å². The number of nitrogens with zero attached hydrogens (tertiary/aromatic N) is 1. The number of amides is 1. The molecule has 0 aliphatic carbocycles. The summed E-state index contributed by atoms with van der Waals surface area (Å²) in [6.07, 6.45) is 2.28. The van der Waals surface area contributed by atoms with Gasteiger partial charge < -0.3 is 9.64 Å². The van der Waals surface area contributed by atoms with Gasteiger partial charge in [0.15, 0.2) is 16.4 Å². The van der Waals surface area contributed by atoms with E-state index in [9.17, 15) is 18.0 Å². The molecule has 1 aliphatic rings. The number of rotatable bonds is 5. The SMILES string of the molecule is CSc1ccccc1C(=O)OCC(=O)N(C)[C@H]1CCS(=O)(=O)C1. The third-order valence-corrected chi connectivity index (χ3v) is 6.35. The zero-order chi connectivity index (χ0) is 17.0. The average molecular weight is 357 g/mol. The van der Waals surface area contributed by atoms with Crippen molar-refractivity contribution < 1.29 is 22.7 Å². The molecule has 1 aliphatic heterocycles. The Morgan fingerprint density at radius 2 is 2.04 bits per heavy atom. The third kappa shape index (κ3) is 4.48. The van der Waals surface area contributed by atoms with Crippen LogP contribution in [0.3, 0.4) is 0 Å². The first-order chi connectivity index (χ1) is 10.8. The summed E-state index contributed by atoms with van der Waals surface area (Å²) < 4.78 is 28.0. The van der Waals surface area contributed by atoms with Crippen molar-refractivity contribution in [1.29, 1.82) is 0 Å². The van der Waals surface area contributed by atoms with E-state index in [0.29, 0.717) is 12.0 Å². The van der Waals surface area contributed by atoms with Gasteiger partial charge in [0.2, 0.25) is 0 Å². The highest BCUT2D eigenvalue weighted by atomic mass is 32.2. The first-order valence-corrected chi connectivity index (χ1v) is 10.1. The molecule has 0 unspecified atom stereocenters. The van der Waals surface area contributed by atoms with Gasteiger partial charge in [-0.2, -0.15) is 0 Å². The van der Waals surface area contributed by atoms with Crippen LogP contribution in [0.5, 0.6) is 0 Å². The van der Waals surface area contributed by atoms with Crippen LogP contribution in [-0.4, -0.2) is 62.7 Å². The van der Waals surface area contributed by atoms with Gasteiger partial charge in [-0.25, -0.2) is 13.2 Å². The zero-order valence-corrected chi connectivity index (χ0v) is 14.7. The van der Waals surface area contributed by atoms with E-state index in [1.165, 1.54) is 23.7 Å². The fourth-order valence-electron chi connectivity index (χ4n) is 2.40. The second-order valence-corrected chi connectivity index (χ2v) is 8.41. The fraction of sp³-hybridized carbons (Fsp3) is 0.467. The maximum absolute atomic E-state index is 12.1. The minimum absolute atomic E-state index is 0.0293. The van der Waals surface area contributed by atoms with Crippen LogP contribution >= 0.6 is 11.8 Å². The van der Waals surface area contributed by atoms with E-state index in [4.69, 9.17) is 4.74 Å². The average Bonchev–Trinajstić information content (AvgIpc) is 2.91. The van der Waals surface area contributed by atoms with Crippen LogP contribution in [0.25, 0.3) is 0 Å². The topological polar surface area (TPSA) is 80.8 Å².